The second kappa shape index (κ2) is 6.88. The molecular formula is C21H24N2O2S. The lowest BCUT2D eigenvalue weighted by atomic mass is 9.79. The van der Waals surface area contributed by atoms with Crippen molar-refractivity contribution in [1.29, 1.82) is 0 Å². The highest BCUT2D eigenvalue weighted by atomic mass is 32.1. The number of benzene rings is 1. The molecule has 4 nitrogen and oxygen atoms in total. The van der Waals surface area contributed by atoms with Gasteiger partial charge in [-0.25, -0.2) is 0 Å². The normalized spacial score (nSPS) is 23.0. The van der Waals surface area contributed by atoms with E-state index >= 15 is 0 Å². The van der Waals surface area contributed by atoms with Crippen LogP contribution in [0.4, 0.5) is 0 Å². The third-order valence-electron chi connectivity index (χ3n) is 5.99. The molecule has 0 radical (unpaired) electrons. The number of nitrogens with two attached hydrogens (primary N) is 1. The van der Waals surface area contributed by atoms with Gasteiger partial charge in [0.25, 0.3) is 0 Å². The average Bonchev–Trinajstić information content (AvgIpc) is 3.24. The number of hydrogen-bond donors (Lipinski definition) is 1. The lowest BCUT2D eigenvalue weighted by Gasteiger charge is -2.31. The number of thiophene rings is 1. The van der Waals surface area contributed by atoms with Crippen molar-refractivity contribution in [2.75, 3.05) is 13.1 Å². The van der Waals surface area contributed by atoms with Crippen LogP contribution < -0.4 is 5.73 Å². The van der Waals surface area contributed by atoms with Gasteiger partial charge in [-0.3, -0.25) is 9.59 Å². The lowest BCUT2D eigenvalue weighted by Crippen LogP contribution is -2.44. The molecule has 1 atom stereocenters. The fourth-order valence-electron chi connectivity index (χ4n) is 4.04. The maximum absolute atomic E-state index is 12.5. The Kier molecular flexibility index (Phi) is 4.57. The highest BCUT2D eigenvalue weighted by Gasteiger charge is 2.46. The molecule has 2 amide bonds. The van der Waals surface area contributed by atoms with Crippen LogP contribution in [-0.4, -0.2) is 29.8 Å². The van der Waals surface area contributed by atoms with Crippen LogP contribution in [0, 0.1) is 11.3 Å². The van der Waals surface area contributed by atoms with Crippen molar-refractivity contribution in [3.05, 3.63) is 46.7 Å². The van der Waals surface area contributed by atoms with Crippen molar-refractivity contribution < 1.29 is 9.59 Å². The molecule has 2 aliphatic rings. The summed E-state index contributed by atoms with van der Waals surface area (Å²) in [6.45, 7) is 1.11. The Morgan fingerprint density at radius 1 is 1.15 bits per heavy atom. The maximum Gasteiger partial charge on any atom is 0.225 e. The molecule has 2 heterocycles. The van der Waals surface area contributed by atoms with Crippen molar-refractivity contribution in [3.8, 4) is 11.1 Å². The predicted molar refractivity (Wildman–Crippen MR) is 104 cm³/mol. The SMILES string of the molecule is NC(=O)C1(Cc2ccc(-c3ccsc3)cc2)CCN(C(=O)C2CCC2)C1. The van der Waals surface area contributed by atoms with Crippen LogP contribution in [-0.2, 0) is 16.0 Å². The number of amides is 2. The van der Waals surface area contributed by atoms with E-state index in [0.717, 1.165) is 24.8 Å². The Hall–Kier alpha value is -2.14. The first-order valence-corrected chi connectivity index (χ1v) is 10.2. The van der Waals surface area contributed by atoms with Crippen molar-refractivity contribution in [2.45, 2.75) is 32.1 Å². The monoisotopic (exact) mass is 368 g/mol. The summed E-state index contributed by atoms with van der Waals surface area (Å²) in [5.74, 6) is 0.0964. The quantitative estimate of drug-likeness (QED) is 0.878. The minimum atomic E-state index is -0.636. The van der Waals surface area contributed by atoms with Gasteiger partial charge in [0.1, 0.15) is 0 Å². The minimum absolute atomic E-state index is 0.170. The number of carbonyl (C=O) groups excluding carboxylic acids is 2. The van der Waals surface area contributed by atoms with E-state index in [4.69, 9.17) is 5.73 Å². The van der Waals surface area contributed by atoms with Crippen molar-refractivity contribution in [3.63, 3.8) is 0 Å². The third-order valence-corrected chi connectivity index (χ3v) is 6.68. The molecule has 1 saturated heterocycles. The Morgan fingerprint density at radius 3 is 2.50 bits per heavy atom. The van der Waals surface area contributed by atoms with Crippen LogP contribution in [0.3, 0.4) is 0 Å². The zero-order valence-electron chi connectivity index (χ0n) is 14.8. The zero-order chi connectivity index (χ0) is 18.1. The fourth-order valence-corrected chi connectivity index (χ4v) is 4.71. The predicted octanol–water partition coefficient (Wildman–Crippen LogP) is 3.46. The van der Waals surface area contributed by atoms with Gasteiger partial charge in [-0.15, -0.1) is 0 Å². The van der Waals surface area contributed by atoms with Gasteiger partial charge in [0.15, 0.2) is 0 Å². The first kappa shape index (κ1) is 17.3. The number of likely N-dealkylation sites (tertiary alicyclic amines) is 1. The van der Waals surface area contributed by atoms with E-state index in [-0.39, 0.29) is 17.7 Å². The van der Waals surface area contributed by atoms with Crippen molar-refractivity contribution in [1.82, 2.24) is 4.90 Å². The molecule has 2 aromatic rings. The first-order valence-electron chi connectivity index (χ1n) is 9.28. The summed E-state index contributed by atoms with van der Waals surface area (Å²) in [7, 11) is 0. The van der Waals surface area contributed by atoms with Gasteiger partial charge in [0.2, 0.25) is 11.8 Å². The fraction of sp³-hybridized carbons (Fsp3) is 0.429. The van der Waals surface area contributed by atoms with E-state index < -0.39 is 5.41 Å². The summed E-state index contributed by atoms with van der Waals surface area (Å²) >= 11 is 1.68. The minimum Gasteiger partial charge on any atom is -0.369 e. The Balaban J connectivity index is 1.49. The van der Waals surface area contributed by atoms with Gasteiger partial charge in [-0.2, -0.15) is 11.3 Å². The maximum atomic E-state index is 12.5. The molecule has 2 N–H and O–H groups in total. The molecular weight excluding hydrogens is 344 g/mol. The van der Waals surface area contributed by atoms with Crippen molar-refractivity contribution in [2.24, 2.45) is 17.1 Å². The van der Waals surface area contributed by atoms with Gasteiger partial charge in [0.05, 0.1) is 5.41 Å². The van der Waals surface area contributed by atoms with E-state index in [2.05, 4.69) is 41.1 Å². The summed E-state index contributed by atoms with van der Waals surface area (Å²) in [6, 6.07) is 10.4. The summed E-state index contributed by atoms with van der Waals surface area (Å²) in [5.41, 5.74) is 8.65. The van der Waals surface area contributed by atoms with Crippen LogP contribution in [0.2, 0.25) is 0 Å². The smallest absolute Gasteiger partial charge is 0.225 e. The van der Waals surface area contributed by atoms with E-state index in [0.29, 0.717) is 25.9 Å². The zero-order valence-corrected chi connectivity index (χ0v) is 15.6. The Labute approximate surface area is 158 Å². The molecule has 26 heavy (non-hydrogen) atoms. The van der Waals surface area contributed by atoms with E-state index in [1.54, 1.807) is 11.3 Å². The van der Waals surface area contributed by atoms with Crippen LogP contribution in [0.5, 0.6) is 0 Å². The number of rotatable bonds is 5. The van der Waals surface area contributed by atoms with Crippen LogP contribution >= 0.6 is 11.3 Å². The summed E-state index contributed by atoms with van der Waals surface area (Å²) < 4.78 is 0. The average molecular weight is 369 g/mol. The third kappa shape index (κ3) is 3.16. The second-order valence-corrected chi connectivity index (χ2v) is 8.45. The number of nitrogens with zero attached hydrogens (tertiary/aromatic N) is 1. The van der Waals surface area contributed by atoms with E-state index in [9.17, 15) is 9.59 Å². The van der Waals surface area contributed by atoms with Crippen LogP contribution in [0.15, 0.2) is 41.1 Å². The molecule has 1 aliphatic carbocycles. The molecule has 1 aromatic heterocycles. The molecule has 5 heteroatoms. The molecule has 0 bridgehead atoms. The largest absolute Gasteiger partial charge is 0.369 e. The van der Waals surface area contributed by atoms with Gasteiger partial charge in [-0.1, -0.05) is 30.7 Å². The number of hydrogen-bond acceptors (Lipinski definition) is 3. The van der Waals surface area contributed by atoms with Gasteiger partial charge in [-0.05, 0) is 59.2 Å². The first-order chi connectivity index (χ1) is 12.6. The topological polar surface area (TPSA) is 63.4 Å². The molecule has 1 aromatic carbocycles. The molecule has 0 spiro atoms. The summed E-state index contributed by atoms with van der Waals surface area (Å²) in [6.07, 6.45) is 4.38. The molecule has 2 fully saturated rings. The lowest BCUT2D eigenvalue weighted by molar-refractivity contribution is -0.138. The number of primary amides is 1. The summed E-state index contributed by atoms with van der Waals surface area (Å²) in [4.78, 5) is 26.7. The molecule has 1 aliphatic heterocycles. The van der Waals surface area contributed by atoms with Gasteiger partial charge >= 0.3 is 0 Å². The highest BCUT2D eigenvalue weighted by Crippen LogP contribution is 2.37. The van der Waals surface area contributed by atoms with E-state index in [1.165, 1.54) is 11.1 Å². The second-order valence-electron chi connectivity index (χ2n) is 7.67. The Morgan fingerprint density at radius 2 is 1.92 bits per heavy atom. The Bertz CT molecular complexity index is 796. The van der Waals surface area contributed by atoms with Crippen LogP contribution in [0.1, 0.15) is 31.2 Å². The summed E-state index contributed by atoms with van der Waals surface area (Å²) in [5, 5.41) is 4.19. The van der Waals surface area contributed by atoms with Gasteiger partial charge in [0, 0.05) is 19.0 Å². The van der Waals surface area contributed by atoms with Gasteiger partial charge < -0.3 is 10.6 Å². The highest BCUT2D eigenvalue weighted by molar-refractivity contribution is 7.08. The molecule has 136 valence electrons. The van der Waals surface area contributed by atoms with Crippen molar-refractivity contribution >= 4 is 23.2 Å². The standard InChI is InChI=1S/C21H24N2O2S/c22-20(25)21(9-10-23(14-21)19(24)17-2-1-3-17)12-15-4-6-16(7-5-15)18-8-11-26-13-18/h4-8,11,13,17H,1-3,9-10,12,14H2,(H2,22,25). The van der Waals surface area contributed by atoms with Crippen LogP contribution in [0.25, 0.3) is 11.1 Å². The van der Waals surface area contributed by atoms with E-state index in [1.807, 2.05) is 4.90 Å². The molecule has 4 rings (SSSR count). The molecule has 1 saturated carbocycles. The molecule has 1 unspecified atom stereocenters. The number of carbonyl (C=O) groups is 2.